The Balaban J connectivity index is 2.62. The number of halogens is 1. The van der Waals surface area contributed by atoms with E-state index in [0.717, 1.165) is 22.3 Å². The molecule has 2 N–H and O–H groups in total. The van der Waals surface area contributed by atoms with Gasteiger partial charge in [-0.3, -0.25) is 20.2 Å². The Morgan fingerprint density at radius 2 is 1.31 bits per heavy atom. The molecule has 0 spiro atoms. The van der Waals surface area contributed by atoms with Gasteiger partial charge in [0, 0.05) is 11.4 Å². The Morgan fingerprint density at radius 3 is 1.66 bits per heavy atom. The number of hydrogen-bond acceptors (Lipinski definition) is 6. The molecule has 2 aromatic carbocycles. The number of benzene rings is 2. The summed E-state index contributed by atoms with van der Waals surface area (Å²) in [5.41, 5.74) is 4.46. The van der Waals surface area contributed by atoms with Crippen molar-refractivity contribution in [2.45, 2.75) is 27.7 Å². The molecule has 0 aliphatic carbocycles. The van der Waals surface area contributed by atoms with Gasteiger partial charge in [-0.15, -0.1) is 0 Å². The molecule has 0 heterocycles. The lowest BCUT2D eigenvalue weighted by atomic mass is 10.1. The fourth-order valence-electron chi connectivity index (χ4n) is 2.72. The Morgan fingerprint density at radius 1 is 0.862 bits per heavy atom. The van der Waals surface area contributed by atoms with Crippen LogP contribution in [0, 0.1) is 47.9 Å². The molecule has 0 bridgehead atoms. The summed E-state index contributed by atoms with van der Waals surface area (Å²) in [6.07, 6.45) is 0.712. The van der Waals surface area contributed by atoms with Gasteiger partial charge >= 0.3 is 10.9 Å². The third-order valence-corrected chi connectivity index (χ3v) is 4.41. The molecule has 0 saturated heterocycles. The van der Waals surface area contributed by atoms with Gasteiger partial charge < -0.3 is 10.6 Å². The molecule has 29 heavy (non-hydrogen) atoms. The predicted octanol–water partition coefficient (Wildman–Crippen LogP) is 5.25. The average molecular weight is 417 g/mol. The van der Waals surface area contributed by atoms with Crippen LogP contribution in [0.1, 0.15) is 22.3 Å². The molecule has 8 nitrogen and oxygen atoms in total. The summed E-state index contributed by atoms with van der Waals surface area (Å²) < 4.78 is 0. The van der Waals surface area contributed by atoms with E-state index in [0.29, 0.717) is 17.5 Å². The van der Waals surface area contributed by atoms with Crippen LogP contribution in [0.15, 0.2) is 59.1 Å². The molecule has 0 saturated carbocycles. The maximum atomic E-state index is 11.7. The molecular weight excluding hydrogens is 396 g/mol. The highest BCUT2D eigenvalue weighted by atomic mass is 35.5. The quantitative estimate of drug-likeness (QED) is 0.276. The summed E-state index contributed by atoms with van der Waals surface area (Å²) in [6.45, 7) is 7.58. The lowest BCUT2D eigenvalue weighted by Crippen LogP contribution is -2.17. The van der Waals surface area contributed by atoms with E-state index in [1.165, 1.54) is 0 Å². The molecule has 0 atom stereocenters. The molecular formula is C20H21ClN4O4. The van der Waals surface area contributed by atoms with Crippen LogP contribution >= 0.6 is 11.6 Å². The van der Waals surface area contributed by atoms with Crippen molar-refractivity contribution in [2.75, 3.05) is 10.6 Å². The number of rotatable bonds is 7. The van der Waals surface area contributed by atoms with Crippen LogP contribution < -0.4 is 10.6 Å². The zero-order chi connectivity index (χ0) is 21.7. The van der Waals surface area contributed by atoms with Crippen molar-refractivity contribution < 1.29 is 9.85 Å². The first-order valence-electron chi connectivity index (χ1n) is 8.67. The number of hydrogen-bond donors (Lipinski definition) is 2. The van der Waals surface area contributed by atoms with Gasteiger partial charge in [0.15, 0.2) is 5.82 Å². The minimum Gasteiger partial charge on any atom is -0.336 e. The summed E-state index contributed by atoms with van der Waals surface area (Å²) in [4.78, 5) is 21.0. The van der Waals surface area contributed by atoms with Crippen LogP contribution in [0.3, 0.4) is 0 Å². The van der Waals surface area contributed by atoms with Gasteiger partial charge in [0.05, 0.1) is 9.85 Å². The average Bonchev–Trinajstić information content (AvgIpc) is 2.62. The van der Waals surface area contributed by atoms with E-state index in [1.807, 2.05) is 52.0 Å². The van der Waals surface area contributed by atoms with E-state index < -0.39 is 20.7 Å². The van der Waals surface area contributed by atoms with Gasteiger partial charge in [-0.2, -0.15) is 0 Å². The highest BCUT2D eigenvalue weighted by Gasteiger charge is 2.23. The SMILES string of the molecule is Cc1ccc(NC(Nc2ccc(C)cc2C)=C(C=C(Cl)[N+](=O)[O-])[N+](=O)[O-])c(C)c1. The maximum absolute atomic E-state index is 11.7. The Labute approximate surface area is 173 Å². The molecule has 0 unspecified atom stereocenters. The second-order valence-corrected chi connectivity index (χ2v) is 7.02. The van der Waals surface area contributed by atoms with Crippen molar-refractivity contribution in [1.82, 2.24) is 0 Å². The van der Waals surface area contributed by atoms with E-state index in [9.17, 15) is 20.2 Å². The molecule has 0 fully saturated rings. The van der Waals surface area contributed by atoms with Crippen LogP contribution in [-0.2, 0) is 0 Å². The molecule has 0 aliphatic heterocycles. The van der Waals surface area contributed by atoms with E-state index in [4.69, 9.17) is 11.6 Å². The topological polar surface area (TPSA) is 110 Å². The van der Waals surface area contributed by atoms with Crippen LogP contribution in [0.2, 0.25) is 0 Å². The summed E-state index contributed by atoms with van der Waals surface area (Å²) in [7, 11) is 0. The second-order valence-electron chi connectivity index (χ2n) is 6.63. The third kappa shape index (κ3) is 5.79. The molecule has 0 radical (unpaired) electrons. The summed E-state index contributed by atoms with van der Waals surface area (Å²) in [6, 6.07) is 11.1. The summed E-state index contributed by atoms with van der Waals surface area (Å²) in [5, 5.41) is 27.7. The number of allylic oxidation sites excluding steroid dienone is 1. The Bertz CT molecular complexity index is 976. The van der Waals surface area contributed by atoms with Crippen LogP contribution in [0.25, 0.3) is 0 Å². The van der Waals surface area contributed by atoms with Crippen LogP contribution in [0.4, 0.5) is 11.4 Å². The number of nitrogens with zero attached hydrogens (tertiary/aromatic N) is 2. The second kappa shape index (κ2) is 9.20. The minimum atomic E-state index is -0.892. The number of anilines is 2. The van der Waals surface area contributed by atoms with Gasteiger partial charge in [0.1, 0.15) is 6.08 Å². The zero-order valence-electron chi connectivity index (χ0n) is 16.4. The molecule has 2 rings (SSSR count). The van der Waals surface area contributed by atoms with Gasteiger partial charge in [-0.1, -0.05) is 35.4 Å². The monoisotopic (exact) mass is 416 g/mol. The van der Waals surface area contributed by atoms with Crippen LogP contribution in [-0.4, -0.2) is 9.85 Å². The molecule has 2 aromatic rings. The normalized spacial score (nSPS) is 11.0. The molecule has 0 aliphatic rings. The van der Waals surface area contributed by atoms with Crippen molar-refractivity contribution >= 4 is 23.0 Å². The summed E-state index contributed by atoms with van der Waals surface area (Å²) >= 11 is 5.58. The van der Waals surface area contributed by atoms with Crippen molar-refractivity contribution in [3.8, 4) is 0 Å². The van der Waals surface area contributed by atoms with Gasteiger partial charge in [-0.05, 0) is 62.6 Å². The molecule has 152 valence electrons. The third-order valence-electron chi connectivity index (χ3n) is 4.17. The van der Waals surface area contributed by atoms with Crippen molar-refractivity contribution in [2.24, 2.45) is 0 Å². The minimum absolute atomic E-state index is 0.0334. The smallest absolute Gasteiger partial charge is 0.336 e. The largest absolute Gasteiger partial charge is 0.344 e. The highest BCUT2D eigenvalue weighted by Crippen LogP contribution is 2.24. The maximum Gasteiger partial charge on any atom is 0.344 e. The standard InChI is InChI=1S/C20H21ClN4O4/c1-12-5-7-16(14(3)9-12)22-20(18(24(26)27)11-19(21)25(28)29)23-17-8-6-13(2)10-15(17)4/h5-11,22-23H,1-4H3. The first kappa shape index (κ1) is 21.9. The first-order chi connectivity index (χ1) is 13.6. The number of nitrogens with one attached hydrogen (secondary N) is 2. The number of aryl methyl sites for hydroxylation is 4. The fraction of sp³-hybridized carbons (Fsp3) is 0.200. The van der Waals surface area contributed by atoms with Gasteiger partial charge in [-0.25, -0.2) is 0 Å². The van der Waals surface area contributed by atoms with E-state index in [-0.39, 0.29) is 5.82 Å². The Kier molecular flexibility index (Phi) is 6.95. The van der Waals surface area contributed by atoms with Gasteiger partial charge in [0.25, 0.3) is 0 Å². The van der Waals surface area contributed by atoms with E-state index >= 15 is 0 Å². The Hall–Kier alpha value is -3.39. The predicted molar refractivity (Wildman–Crippen MR) is 114 cm³/mol. The lowest BCUT2D eigenvalue weighted by molar-refractivity contribution is -0.428. The summed E-state index contributed by atoms with van der Waals surface area (Å²) in [5.74, 6) is -0.0334. The zero-order valence-corrected chi connectivity index (χ0v) is 17.2. The highest BCUT2D eigenvalue weighted by molar-refractivity contribution is 6.28. The number of nitro groups is 2. The van der Waals surface area contributed by atoms with Crippen LogP contribution in [0.5, 0.6) is 0 Å². The first-order valence-corrected chi connectivity index (χ1v) is 9.05. The lowest BCUT2D eigenvalue weighted by Gasteiger charge is -2.17. The molecule has 0 amide bonds. The van der Waals surface area contributed by atoms with E-state index in [2.05, 4.69) is 10.6 Å². The molecule has 0 aromatic heterocycles. The van der Waals surface area contributed by atoms with Gasteiger partial charge in [0.2, 0.25) is 0 Å². The van der Waals surface area contributed by atoms with Crippen molar-refractivity contribution in [1.29, 1.82) is 0 Å². The fourth-order valence-corrected chi connectivity index (χ4v) is 2.82. The van der Waals surface area contributed by atoms with Crippen molar-refractivity contribution in [3.05, 3.63) is 102 Å². The van der Waals surface area contributed by atoms with Crippen molar-refractivity contribution in [3.63, 3.8) is 0 Å². The molecule has 9 heteroatoms. The van der Waals surface area contributed by atoms with E-state index in [1.54, 1.807) is 12.1 Å².